The van der Waals surface area contributed by atoms with Gasteiger partial charge in [-0.05, 0) is 43.7 Å². The van der Waals surface area contributed by atoms with Gasteiger partial charge in [0.05, 0.1) is 5.69 Å². The molecule has 3 heteroatoms. The predicted molar refractivity (Wildman–Crippen MR) is 75.7 cm³/mol. The van der Waals surface area contributed by atoms with E-state index in [9.17, 15) is 0 Å². The minimum atomic E-state index is 0.256. The van der Waals surface area contributed by atoms with Crippen molar-refractivity contribution in [2.24, 2.45) is 0 Å². The van der Waals surface area contributed by atoms with Gasteiger partial charge in [0, 0.05) is 23.3 Å². The molecule has 0 spiro atoms. The van der Waals surface area contributed by atoms with Gasteiger partial charge in [0.15, 0.2) is 0 Å². The van der Waals surface area contributed by atoms with E-state index in [2.05, 4.69) is 23.3 Å². The van der Waals surface area contributed by atoms with E-state index in [-0.39, 0.29) is 6.04 Å². The van der Waals surface area contributed by atoms with E-state index in [1.165, 1.54) is 5.56 Å². The molecule has 1 atom stereocenters. The number of hydrogen-bond acceptors (Lipinski definition) is 2. The third-order valence-electron chi connectivity index (χ3n) is 2.88. The van der Waals surface area contributed by atoms with Crippen LogP contribution in [0.5, 0.6) is 0 Å². The fraction of sp³-hybridized carbons (Fsp3) is 0.267. The Morgan fingerprint density at radius 1 is 1.22 bits per heavy atom. The molecule has 0 saturated heterocycles. The van der Waals surface area contributed by atoms with Crippen LogP contribution in [0.1, 0.15) is 29.9 Å². The third-order valence-corrected chi connectivity index (χ3v) is 3.12. The van der Waals surface area contributed by atoms with Crippen LogP contribution in [0.25, 0.3) is 0 Å². The summed E-state index contributed by atoms with van der Waals surface area (Å²) >= 11 is 5.99. The number of benzene rings is 1. The molecule has 0 aliphatic heterocycles. The highest BCUT2D eigenvalue weighted by Gasteiger charge is 2.05. The Balaban J connectivity index is 1.98. The van der Waals surface area contributed by atoms with Gasteiger partial charge in [-0.1, -0.05) is 29.8 Å². The van der Waals surface area contributed by atoms with Gasteiger partial charge in [-0.3, -0.25) is 4.98 Å². The lowest BCUT2D eigenvalue weighted by Crippen LogP contribution is -2.18. The molecule has 1 aromatic heterocycles. The molecule has 0 aliphatic rings. The summed E-state index contributed by atoms with van der Waals surface area (Å²) in [6.45, 7) is 4.89. The molecule has 0 amide bonds. The topological polar surface area (TPSA) is 24.9 Å². The monoisotopic (exact) mass is 260 g/mol. The van der Waals surface area contributed by atoms with Gasteiger partial charge in [-0.15, -0.1) is 0 Å². The number of aromatic nitrogens is 1. The minimum absolute atomic E-state index is 0.256. The standard InChI is InChI=1S/C15H17ClN2/c1-11-5-3-8-15(18-11)10-17-12(2)13-6-4-7-14(16)9-13/h3-9,12,17H,10H2,1-2H3/t12-/m0/s1. The van der Waals surface area contributed by atoms with Crippen molar-refractivity contribution in [2.45, 2.75) is 26.4 Å². The van der Waals surface area contributed by atoms with Gasteiger partial charge in [0.2, 0.25) is 0 Å². The quantitative estimate of drug-likeness (QED) is 0.902. The summed E-state index contributed by atoms with van der Waals surface area (Å²) in [5.74, 6) is 0. The minimum Gasteiger partial charge on any atom is -0.305 e. The molecule has 2 rings (SSSR count). The average molecular weight is 261 g/mol. The number of nitrogens with zero attached hydrogens (tertiary/aromatic N) is 1. The van der Waals surface area contributed by atoms with Crippen molar-refractivity contribution in [1.29, 1.82) is 0 Å². The first-order valence-corrected chi connectivity index (χ1v) is 6.44. The number of hydrogen-bond donors (Lipinski definition) is 1. The second-order valence-corrected chi connectivity index (χ2v) is 4.86. The molecular weight excluding hydrogens is 244 g/mol. The second kappa shape index (κ2) is 5.98. The summed E-state index contributed by atoms with van der Waals surface area (Å²) < 4.78 is 0. The fourth-order valence-corrected chi connectivity index (χ4v) is 2.05. The van der Waals surface area contributed by atoms with Crippen LogP contribution in [-0.4, -0.2) is 4.98 Å². The lowest BCUT2D eigenvalue weighted by atomic mass is 10.1. The summed E-state index contributed by atoms with van der Waals surface area (Å²) in [5, 5.41) is 4.22. The molecule has 0 fully saturated rings. The predicted octanol–water partition coefficient (Wildman–Crippen LogP) is 3.89. The molecule has 1 N–H and O–H groups in total. The second-order valence-electron chi connectivity index (χ2n) is 4.43. The smallest absolute Gasteiger partial charge is 0.0545 e. The van der Waals surface area contributed by atoms with Gasteiger partial charge in [0.25, 0.3) is 0 Å². The van der Waals surface area contributed by atoms with E-state index in [0.717, 1.165) is 23.0 Å². The third kappa shape index (κ3) is 3.56. The van der Waals surface area contributed by atoms with E-state index < -0.39 is 0 Å². The molecule has 0 aliphatic carbocycles. The molecule has 0 unspecified atom stereocenters. The number of pyridine rings is 1. The molecule has 2 nitrogen and oxygen atoms in total. The SMILES string of the molecule is Cc1cccc(CN[C@@H](C)c2cccc(Cl)c2)n1. The molecular formula is C15H17ClN2. The van der Waals surface area contributed by atoms with Crippen LogP contribution in [-0.2, 0) is 6.54 Å². The Labute approximate surface area is 113 Å². The lowest BCUT2D eigenvalue weighted by Gasteiger charge is -2.14. The molecule has 18 heavy (non-hydrogen) atoms. The highest BCUT2D eigenvalue weighted by Crippen LogP contribution is 2.17. The maximum atomic E-state index is 5.99. The summed E-state index contributed by atoms with van der Waals surface area (Å²) in [5.41, 5.74) is 3.30. The summed E-state index contributed by atoms with van der Waals surface area (Å²) in [6.07, 6.45) is 0. The Kier molecular flexibility index (Phi) is 4.34. The Bertz CT molecular complexity index is 525. The van der Waals surface area contributed by atoms with Crippen molar-refractivity contribution in [3.8, 4) is 0 Å². The molecule has 1 aromatic carbocycles. The van der Waals surface area contributed by atoms with Crippen molar-refractivity contribution < 1.29 is 0 Å². The van der Waals surface area contributed by atoms with Crippen LogP contribution in [0.4, 0.5) is 0 Å². The van der Waals surface area contributed by atoms with Gasteiger partial charge in [-0.25, -0.2) is 0 Å². The molecule has 2 aromatic rings. The zero-order valence-corrected chi connectivity index (χ0v) is 11.4. The molecule has 1 heterocycles. The van der Waals surface area contributed by atoms with Gasteiger partial charge >= 0.3 is 0 Å². The number of rotatable bonds is 4. The highest BCUT2D eigenvalue weighted by atomic mass is 35.5. The number of halogens is 1. The van der Waals surface area contributed by atoms with Crippen molar-refractivity contribution in [2.75, 3.05) is 0 Å². The lowest BCUT2D eigenvalue weighted by molar-refractivity contribution is 0.567. The number of nitrogens with one attached hydrogen (secondary N) is 1. The van der Waals surface area contributed by atoms with E-state index in [1.807, 2.05) is 43.3 Å². The van der Waals surface area contributed by atoms with Crippen molar-refractivity contribution in [3.63, 3.8) is 0 Å². The maximum Gasteiger partial charge on any atom is 0.0545 e. The van der Waals surface area contributed by atoms with Crippen LogP contribution in [0.2, 0.25) is 5.02 Å². The number of aryl methyl sites for hydroxylation is 1. The molecule has 94 valence electrons. The summed E-state index contributed by atoms with van der Waals surface area (Å²) in [6, 6.07) is 14.3. The Morgan fingerprint density at radius 3 is 2.72 bits per heavy atom. The maximum absolute atomic E-state index is 5.99. The van der Waals surface area contributed by atoms with E-state index in [0.29, 0.717) is 0 Å². The zero-order chi connectivity index (χ0) is 13.0. The normalized spacial score (nSPS) is 12.4. The van der Waals surface area contributed by atoms with E-state index in [4.69, 9.17) is 11.6 Å². The van der Waals surface area contributed by atoms with Gasteiger partial charge < -0.3 is 5.32 Å². The van der Waals surface area contributed by atoms with Gasteiger partial charge in [0.1, 0.15) is 0 Å². The average Bonchev–Trinajstić information content (AvgIpc) is 2.36. The van der Waals surface area contributed by atoms with Crippen LogP contribution in [0.3, 0.4) is 0 Å². The van der Waals surface area contributed by atoms with E-state index >= 15 is 0 Å². The Hall–Kier alpha value is -1.38. The van der Waals surface area contributed by atoms with E-state index in [1.54, 1.807) is 0 Å². The van der Waals surface area contributed by atoms with Crippen LogP contribution < -0.4 is 5.32 Å². The Morgan fingerprint density at radius 2 is 2.00 bits per heavy atom. The van der Waals surface area contributed by atoms with Crippen LogP contribution in [0.15, 0.2) is 42.5 Å². The molecule has 0 saturated carbocycles. The van der Waals surface area contributed by atoms with Crippen molar-refractivity contribution in [1.82, 2.24) is 10.3 Å². The van der Waals surface area contributed by atoms with Gasteiger partial charge in [-0.2, -0.15) is 0 Å². The fourth-order valence-electron chi connectivity index (χ4n) is 1.85. The van der Waals surface area contributed by atoms with Crippen LogP contribution >= 0.6 is 11.6 Å². The first-order chi connectivity index (χ1) is 8.65. The largest absolute Gasteiger partial charge is 0.305 e. The van der Waals surface area contributed by atoms with Crippen molar-refractivity contribution >= 4 is 11.6 Å². The van der Waals surface area contributed by atoms with Crippen LogP contribution in [0, 0.1) is 6.92 Å². The zero-order valence-electron chi connectivity index (χ0n) is 10.7. The highest BCUT2D eigenvalue weighted by molar-refractivity contribution is 6.30. The van der Waals surface area contributed by atoms with Crippen molar-refractivity contribution in [3.05, 3.63) is 64.4 Å². The molecule has 0 bridgehead atoms. The first-order valence-electron chi connectivity index (χ1n) is 6.06. The summed E-state index contributed by atoms with van der Waals surface area (Å²) in [7, 11) is 0. The first kappa shape index (κ1) is 13.1. The summed E-state index contributed by atoms with van der Waals surface area (Å²) in [4.78, 5) is 4.47. The molecule has 0 radical (unpaired) electrons.